The summed E-state index contributed by atoms with van der Waals surface area (Å²) in [5.41, 5.74) is 7.73. The predicted octanol–water partition coefficient (Wildman–Crippen LogP) is 6.67. The first-order chi connectivity index (χ1) is 13.9. The van der Waals surface area contributed by atoms with Gasteiger partial charge in [0, 0.05) is 0 Å². The molecule has 0 aliphatic heterocycles. The van der Waals surface area contributed by atoms with Crippen molar-refractivity contribution in [2.24, 2.45) is 0 Å². The third-order valence-electron chi connectivity index (χ3n) is 5.59. The van der Waals surface area contributed by atoms with Crippen molar-refractivity contribution >= 4 is 23.7 Å². The summed E-state index contributed by atoms with van der Waals surface area (Å²) in [5, 5.41) is 9.03. The maximum atomic E-state index is 11.0. The third-order valence-corrected chi connectivity index (χ3v) is 5.59. The molecular weight excluding hydrogens is 356 g/mol. The molecule has 0 bridgehead atoms. The van der Waals surface area contributed by atoms with Crippen molar-refractivity contribution < 1.29 is 9.90 Å². The molecule has 0 fully saturated rings. The summed E-state index contributed by atoms with van der Waals surface area (Å²) in [6.45, 7) is 4.59. The van der Waals surface area contributed by atoms with Crippen LogP contribution in [0.2, 0.25) is 0 Å². The van der Waals surface area contributed by atoms with Gasteiger partial charge in [-0.2, -0.15) is 0 Å². The molecule has 0 saturated heterocycles. The van der Waals surface area contributed by atoms with E-state index in [1.54, 1.807) is 12.1 Å². The van der Waals surface area contributed by atoms with E-state index >= 15 is 0 Å². The molecule has 0 saturated carbocycles. The Bertz CT molecular complexity index is 1100. The predicted molar refractivity (Wildman–Crippen MR) is 120 cm³/mol. The molecule has 1 aliphatic rings. The van der Waals surface area contributed by atoms with Crippen LogP contribution in [0, 0.1) is 0 Å². The summed E-state index contributed by atoms with van der Waals surface area (Å²) in [4.78, 5) is 11.0. The van der Waals surface area contributed by atoms with Gasteiger partial charge in [-0.1, -0.05) is 86.7 Å². The minimum absolute atomic E-state index is 0.114. The quantitative estimate of drug-likeness (QED) is 0.513. The average molecular weight is 380 g/mol. The zero-order valence-corrected chi connectivity index (χ0v) is 16.7. The SMILES string of the molecule is CC1(C)CC=C(c2ccccc2)c2cc(/C=C/c3ccc(C(=O)O)cc3)ccc21. The van der Waals surface area contributed by atoms with E-state index in [1.165, 1.54) is 22.3 Å². The first-order valence-corrected chi connectivity index (χ1v) is 9.86. The van der Waals surface area contributed by atoms with Crippen LogP contribution in [0.3, 0.4) is 0 Å². The monoisotopic (exact) mass is 380 g/mol. The molecular formula is C27H24O2. The number of rotatable bonds is 4. The van der Waals surface area contributed by atoms with E-state index in [2.05, 4.69) is 68.5 Å². The van der Waals surface area contributed by atoms with Gasteiger partial charge in [0.05, 0.1) is 5.56 Å². The minimum Gasteiger partial charge on any atom is -0.478 e. The largest absolute Gasteiger partial charge is 0.478 e. The highest BCUT2D eigenvalue weighted by Crippen LogP contribution is 2.41. The average Bonchev–Trinajstić information content (AvgIpc) is 2.73. The highest BCUT2D eigenvalue weighted by atomic mass is 16.4. The molecule has 0 atom stereocenters. The standard InChI is InChI=1S/C27H24O2/c1-27(2)17-16-23(21-6-4-3-5-7-21)24-18-20(12-15-25(24)27)9-8-19-10-13-22(14-11-19)26(28)29/h3-16,18H,17H2,1-2H3,(H,28,29)/b9-8+. The molecule has 0 heterocycles. The molecule has 0 unspecified atom stereocenters. The number of hydrogen-bond donors (Lipinski definition) is 1. The molecule has 3 aromatic carbocycles. The highest BCUT2D eigenvalue weighted by Gasteiger charge is 2.28. The maximum absolute atomic E-state index is 11.0. The molecule has 3 aromatic rings. The van der Waals surface area contributed by atoms with Crippen LogP contribution in [0.25, 0.3) is 17.7 Å². The van der Waals surface area contributed by atoms with Gasteiger partial charge in [-0.15, -0.1) is 0 Å². The summed E-state index contributed by atoms with van der Waals surface area (Å²) in [5.74, 6) is -0.905. The summed E-state index contributed by atoms with van der Waals surface area (Å²) >= 11 is 0. The van der Waals surface area contributed by atoms with Gasteiger partial charge in [0.15, 0.2) is 0 Å². The second-order valence-electron chi connectivity index (χ2n) is 8.14. The van der Waals surface area contributed by atoms with E-state index in [9.17, 15) is 4.79 Å². The topological polar surface area (TPSA) is 37.3 Å². The lowest BCUT2D eigenvalue weighted by Crippen LogP contribution is -2.21. The molecule has 144 valence electrons. The van der Waals surface area contributed by atoms with Crippen molar-refractivity contribution in [3.8, 4) is 0 Å². The van der Waals surface area contributed by atoms with Crippen LogP contribution in [-0.2, 0) is 5.41 Å². The lowest BCUT2D eigenvalue weighted by molar-refractivity contribution is 0.0697. The fourth-order valence-electron chi connectivity index (χ4n) is 3.88. The van der Waals surface area contributed by atoms with E-state index in [4.69, 9.17) is 5.11 Å². The van der Waals surface area contributed by atoms with E-state index in [1.807, 2.05) is 24.3 Å². The summed E-state index contributed by atoms with van der Waals surface area (Å²) in [6.07, 6.45) is 7.48. The van der Waals surface area contributed by atoms with Gasteiger partial charge < -0.3 is 5.11 Å². The van der Waals surface area contributed by atoms with E-state index in [-0.39, 0.29) is 5.41 Å². The molecule has 29 heavy (non-hydrogen) atoms. The van der Waals surface area contributed by atoms with Crippen molar-refractivity contribution in [1.82, 2.24) is 0 Å². The van der Waals surface area contributed by atoms with E-state index in [0.717, 1.165) is 17.5 Å². The number of carbonyl (C=O) groups is 1. The Morgan fingerprint density at radius 1 is 0.897 bits per heavy atom. The van der Waals surface area contributed by atoms with Gasteiger partial charge >= 0.3 is 5.97 Å². The Labute approximate surface area is 171 Å². The minimum atomic E-state index is -0.905. The van der Waals surface area contributed by atoms with Crippen LogP contribution < -0.4 is 0 Å². The molecule has 0 spiro atoms. The summed E-state index contributed by atoms with van der Waals surface area (Å²) < 4.78 is 0. The molecule has 4 rings (SSSR count). The third kappa shape index (κ3) is 3.93. The van der Waals surface area contributed by atoms with Crippen LogP contribution in [-0.4, -0.2) is 11.1 Å². The number of aromatic carboxylic acids is 1. The number of carboxylic acid groups (broad SMARTS) is 1. The van der Waals surface area contributed by atoms with Crippen LogP contribution in [0.15, 0.2) is 78.9 Å². The summed E-state index contributed by atoms with van der Waals surface area (Å²) in [7, 11) is 0. The van der Waals surface area contributed by atoms with E-state index in [0.29, 0.717) is 5.56 Å². The van der Waals surface area contributed by atoms with Gasteiger partial charge in [0.25, 0.3) is 0 Å². The first-order valence-electron chi connectivity index (χ1n) is 9.86. The number of fused-ring (bicyclic) bond motifs is 1. The zero-order valence-electron chi connectivity index (χ0n) is 16.7. The lowest BCUT2D eigenvalue weighted by Gasteiger charge is -2.32. The van der Waals surface area contributed by atoms with Gasteiger partial charge in [-0.05, 0) is 63.4 Å². The molecule has 2 nitrogen and oxygen atoms in total. The normalized spacial score (nSPS) is 15.0. The smallest absolute Gasteiger partial charge is 0.335 e. The lowest BCUT2D eigenvalue weighted by atomic mass is 9.72. The molecule has 2 heteroatoms. The Balaban J connectivity index is 1.69. The van der Waals surface area contributed by atoms with Gasteiger partial charge in [-0.3, -0.25) is 0 Å². The van der Waals surface area contributed by atoms with Crippen LogP contribution in [0.5, 0.6) is 0 Å². The number of allylic oxidation sites excluding steroid dienone is 1. The van der Waals surface area contributed by atoms with Crippen LogP contribution >= 0.6 is 0 Å². The van der Waals surface area contributed by atoms with E-state index < -0.39 is 5.97 Å². The van der Waals surface area contributed by atoms with Gasteiger partial charge in [-0.25, -0.2) is 4.79 Å². The number of carboxylic acids is 1. The van der Waals surface area contributed by atoms with Crippen molar-refractivity contribution in [3.05, 3.63) is 112 Å². The Hall–Kier alpha value is -3.39. The Morgan fingerprint density at radius 3 is 2.24 bits per heavy atom. The molecule has 0 amide bonds. The molecule has 0 radical (unpaired) electrons. The fraction of sp³-hybridized carbons (Fsp3) is 0.148. The number of benzene rings is 3. The zero-order chi connectivity index (χ0) is 20.4. The maximum Gasteiger partial charge on any atom is 0.335 e. The molecule has 1 aliphatic carbocycles. The molecule has 1 N–H and O–H groups in total. The number of hydrogen-bond acceptors (Lipinski definition) is 1. The summed E-state index contributed by atoms with van der Waals surface area (Å²) in [6, 6.07) is 24.1. The van der Waals surface area contributed by atoms with Crippen molar-refractivity contribution in [2.45, 2.75) is 25.7 Å². The second kappa shape index (κ2) is 7.56. The van der Waals surface area contributed by atoms with Crippen LogP contribution in [0.4, 0.5) is 0 Å². The van der Waals surface area contributed by atoms with Crippen molar-refractivity contribution in [2.75, 3.05) is 0 Å². The van der Waals surface area contributed by atoms with Crippen LogP contribution in [0.1, 0.15) is 58.4 Å². The second-order valence-corrected chi connectivity index (χ2v) is 8.14. The molecule has 0 aromatic heterocycles. The Morgan fingerprint density at radius 2 is 1.55 bits per heavy atom. The first kappa shape index (κ1) is 18.9. The van der Waals surface area contributed by atoms with Crippen molar-refractivity contribution in [3.63, 3.8) is 0 Å². The highest BCUT2D eigenvalue weighted by molar-refractivity contribution is 5.88. The van der Waals surface area contributed by atoms with Gasteiger partial charge in [0.1, 0.15) is 0 Å². The Kier molecular flexibility index (Phi) is 4.94. The van der Waals surface area contributed by atoms with Crippen molar-refractivity contribution in [1.29, 1.82) is 0 Å². The fourth-order valence-corrected chi connectivity index (χ4v) is 3.88. The van der Waals surface area contributed by atoms with Gasteiger partial charge in [0.2, 0.25) is 0 Å².